The largest absolute Gasteiger partial charge is 0.493 e. The highest BCUT2D eigenvalue weighted by Gasteiger charge is 2.23. The van der Waals surface area contributed by atoms with Crippen molar-refractivity contribution < 1.29 is 29.0 Å². The first kappa shape index (κ1) is 38.6. The van der Waals surface area contributed by atoms with Gasteiger partial charge in [-0.25, -0.2) is 9.97 Å². The van der Waals surface area contributed by atoms with E-state index in [-0.39, 0.29) is 24.8 Å². The second kappa shape index (κ2) is 18.7. The van der Waals surface area contributed by atoms with Gasteiger partial charge in [-0.3, -0.25) is 14.4 Å². The number of methoxy groups -OCH3 is 1. The number of carboxylic acid groups (broad SMARTS) is 1. The molecule has 0 saturated carbocycles. The normalized spacial score (nSPS) is 11.8. The monoisotopic (exact) mass is 694 g/mol. The number of carbonyl (C=O) groups is 3. The second-order valence-corrected chi connectivity index (χ2v) is 13.6. The smallest absolute Gasteiger partial charge is 0.305 e. The van der Waals surface area contributed by atoms with Crippen LogP contribution in [0.4, 0.5) is 0 Å². The van der Waals surface area contributed by atoms with E-state index in [1.54, 1.807) is 31.6 Å². The molecule has 1 heterocycles. The predicted octanol–water partition coefficient (Wildman–Crippen LogP) is 7.40. The fourth-order valence-electron chi connectivity index (χ4n) is 5.49. The Bertz CT molecular complexity index is 1730. The standard InChI is InChI=1S/C41H50N4O6/c1-6-7-8-9-10-23-51-35-20-17-31(25-36(35)50-5)32-26-43-38(44-27-32)29-13-11-28(12-14-29)24-34(40(49)42-22-21-37(46)47)45-39(48)30-15-18-33(19-16-30)41(2,3)4/h11-20,25-27,34H,6-10,21-24H2,1-5H3,(H,42,49)(H,45,48)(H,46,47). The highest BCUT2D eigenvalue weighted by atomic mass is 16.5. The van der Waals surface area contributed by atoms with Gasteiger partial charge in [0.05, 0.1) is 20.1 Å². The average Bonchev–Trinajstić information content (AvgIpc) is 3.12. The van der Waals surface area contributed by atoms with E-state index >= 15 is 0 Å². The molecule has 3 N–H and O–H groups in total. The summed E-state index contributed by atoms with van der Waals surface area (Å²) in [5, 5.41) is 14.5. The number of nitrogens with zero attached hydrogens (tertiary/aromatic N) is 2. The molecule has 2 amide bonds. The maximum Gasteiger partial charge on any atom is 0.305 e. The number of nitrogens with one attached hydrogen (secondary N) is 2. The van der Waals surface area contributed by atoms with Crippen molar-refractivity contribution in [2.45, 2.75) is 84.1 Å². The Kier molecular flexibility index (Phi) is 14.1. The number of benzene rings is 3. The predicted molar refractivity (Wildman–Crippen MR) is 199 cm³/mol. The van der Waals surface area contributed by atoms with E-state index in [2.05, 4.69) is 48.3 Å². The minimum absolute atomic E-state index is 0.0447. The number of ether oxygens (including phenoxy) is 2. The summed E-state index contributed by atoms with van der Waals surface area (Å²) >= 11 is 0. The molecule has 0 aliphatic rings. The van der Waals surface area contributed by atoms with Crippen molar-refractivity contribution in [3.05, 3.63) is 95.8 Å². The van der Waals surface area contributed by atoms with Gasteiger partial charge in [-0.05, 0) is 52.8 Å². The number of rotatable bonds is 18. The molecule has 10 heteroatoms. The van der Waals surface area contributed by atoms with Crippen LogP contribution in [0.15, 0.2) is 79.1 Å². The average molecular weight is 695 g/mol. The van der Waals surface area contributed by atoms with Gasteiger partial charge < -0.3 is 25.2 Å². The zero-order chi connectivity index (χ0) is 36.8. The summed E-state index contributed by atoms with van der Waals surface area (Å²) in [5.41, 5.74) is 4.78. The third-order valence-electron chi connectivity index (χ3n) is 8.58. The number of carboxylic acids is 1. The molecule has 0 radical (unpaired) electrons. The fourth-order valence-corrected chi connectivity index (χ4v) is 5.49. The number of aliphatic carboxylic acids is 1. The molecule has 3 aromatic carbocycles. The Morgan fingerprint density at radius 1 is 0.824 bits per heavy atom. The topological polar surface area (TPSA) is 140 Å². The van der Waals surface area contributed by atoms with E-state index in [9.17, 15) is 14.4 Å². The third-order valence-corrected chi connectivity index (χ3v) is 8.58. The quantitative estimate of drug-likeness (QED) is 0.0916. The Morgan fingerprint density at radius 3 is 2.12 bits per heavy atom. The second-order valence-electron chi connectivity index (χ2n) is 13.6. The highest BCUT2D eigenvalue weighted by molar-refractivity contribution is 5.97. The van der Waals surface area contributed by atoms with Crippen molar-refractivity contribution in [3.8, 4) is 34.0 Å². The first-order chi connectivity index (χ1) is 24.5. The summed E-state index contributed by atoms with van der Waals surface area (Å²) in [6.45, 7) is 9.09. The van der Waals surface area contributed by atoms with Crippen LogP contribution in [0.2, 0.25) is 0 Å². The lowest BCUT2D eigenvalue weighted by atomic mass is 9.86. The van der Waals surface area contributed by atoms with E-state index in [0.717, 1.165) is 40.7 Å². The molecule has 51 heavy (non-hydrogen) atoms. The van der Waals surface area contributed by atoms with Gasteiger partial charge in [-0.15, -0.1) is 0 Å². The molecule has 0 fully saturated rings. The number of amides is 2. The Balaban J connectivity index is 1.42. The first-order valence-electron chi connectivity index (χ1n) is 17.6. The molecule has 4 rings (SSSR count). The van der Waals surface area contributed by atoms with Gasteiger partial charge in [0.25, 0.3) is 5.91 Å². The van der Waals surface area contributed by atoms with Crippen molar-refractivity contribution >= 4 is 17.8 Å². The maximum absolute atomic E-state index is 13.2. The molecule has 0 saturated heterocycles. The van der Waals surface area contributed by atoms with E-state index in [0.29, 0.717) is 29.5 Å². The Labute approximate surface area is 301 Å². The number of hydrogen-bond acceptors (Lipinski definition) is 7. The lowest BCUT2D eigenvalue weighted by Gasteiger charge is -2.20. The van der Waals surface area contributed by atoms with Gasteiger partial charge in [0.2, 0.25) is 5.91 Å². The van der Waals surface area contributed by atoms with Gasteiger partial charge in [-0.2, -0.15) is 0 Å². The molecule has 1 unspecified atom stereocenters. The Morgan fingerprint density at radius 2 is 1.49 bits per heavy atom. The molecule has 0 bridgehead atoms. The maximum atomic E-state index is 13.2. The van der Waals surface area contributed by atoms with Crippen molar-refractivity contribution in [2.24, 2.45) is 0 Å². The highest BCUT2D eigenvalue weighted by Crippen LogP contribution is 2.33. The van der Waals surface area contributed by atoms with Crippen LogP contribution in [0.5, 0.6) is 11.5 Å². The summed E-state index contributed by atoms with van der Waals surface area (Å²) in [4.78, 5) is 46.5. The van der Waals surface area contributed by atoms with Crippen LogP contribution in [-0.4, -0.2) is 59.2 Å². The summed E-state index contributed by atoms with van der Waals surface area (Å²) in [6.07, 6.45) is 9.35. The Hall–Kier alpha value is -5.25. The number of hydrogen-bond donors (Lipinski definition) is 3. The third kappa shape index (κ3) is 11.7. The van der Waals surface area contributed by atoms with E-state index in [1.807, 2.05) is 54.6 Å². The van der Waals surface area contributed by atoms with Gasteiger partial charge >= 0.3 is 5.97 Å². The van der Waals surface area contributed by atoms with Crippen LogP contribution in [0, 0.1) is 0 Å². The molecule has 0 aliphatic carbocycles. The molecule has 1 atom stereocenters. The molecule has 10 nitrogen and oxygen atoms in total. The van der Waals surface area contributed by atoms with Crippen LogP contribution < -0.4 is 20.1 Å². The molecule has 4 aromatic rings. The van der Waals surface area contributed by atoms with Crippen LogP contribution in [-0.2, 0) is 21.4 Å². The van der Waals surface area contributed by atoms with Gasteiger partial charge in [0.1, 0.15) is 6.04 Å². The van der Waals surface area contributed by atoms with Gasteiger partial charge in [0.15, 0.2) is 17.3 Å². The van der Waals surface area contributed by atoms with Crippen LogP contribution in [0.25, 0.3) is 22.5 Å². The SMILES string of the molecule is CCCCCCCOc1ccc(-c2cnc(-c3ccc(CC(NC(=O)c4ccc(C(C)(C)C)cc4)C(=O)NCCC(=O)O)cc3)nc2)cc1OC. The van der Waals surface area contributed by atoms with Gasteiger partial charge in [-0.1, -0.05) is 95.8 Å². The summed E-state index contributed by atoms with van der Waals surface area (Å²) in [6, 6.07) is 19.6. The zero-order valence-electron chi connectivity index (χ0n) is 30.3. The van der Waals surface area contributed by atoms with Crippen molar-refractivity contribution in [3.63, 3.8) is 0 Å². The fraction of sp³-hybridized carbons (Fsp3) is 0.390. The molecular formula is C41H50N4O6. The minimum Gasteiger partial charge on any atom is -0.493 e. The van der Waals surface area contributed by atoms with Crippen molar-refractivity contribution in [2.75, 3.05) is 20.3 Å². The molecule has 0 spiro atoms. The van der Waals surface area contributed by atoms with Crippen molar-refractivity contribution in [1.29, 1.82) is 0 Å². The molecule has 0 aliphatic heterocycles. The van der Waals surface area contributed by atoms with Crippen molar-refractivity contribution in [1.82, 2.24) is 20.6 Å². The summed E-state index contributed by atoms with van der Waals surface area (Å²) < 4.78 is 11.6. The van der Waals surface area contributed by atoms with Gasteiger partial charge in [0, 0.05) is 42.0 Å². The minimum atomic E-state index is -1.02. The summed E-state index contributed by atoms with van der Waals surface area (Å²) in [7, 11) is 1.63. The molecule has 1 aromatic heterocycles. The van der Waals surface area contributed by atoms with Crippen LogP contribution in [0.1, 0.15) is 87.7 Å². The van der Waals surface area contributed by atoms with Crippen LogP contribution >= 0.6 is 0 Å². The van der Waals surface area contributed by atoms with E-state index in [1.165, 1.54) is 19.3 Å². The lowest BCUT2D eigenvalue weighted by Crippen LogP contribution is -2.48. The van der Waals surface area contributed by atoms with Crippen LogP contribution in [0.3, 0.4) is 0 Å². The lowest BCUT2D eigenvalue weighted by molar-refractivity contribution is -0.137. The molecule has 270 valence electrons. The van der Waals surface area contributed by atoms with E-state index < -0.39 is 23.8 Å². The van der Waals surface area contributed by atoms with E-state index in [4.69, 9.17) is 14.6 Å². The summed E-state index contributed by atoms with van der Waals surface area (Å²) in [5.74, 6) is 0.0314. The molecular weight excluding hydrogens is 644 g/mol. The number of aromatic nitrogens is 2. The first-order valence-corrected chi connectivity index (χ1v) is 17.6. The number of unbranched alkanes of at least 4 members (excludes halogenated alkanes) is 4. The number of carbonyl (C=O) groups excluding carboxylic acids is 2. The zero-order valence-corrected chi connectivity index (χ0v) is 30.3.